The molecular formula is C15H12Cl3FO2. The molecule has 21 heavy (non-hydrogen) atoms. The minimum Gasteiger partial charge on any atom is -0.493 e. The molecule has 2 aromatic rings. The van der Waals surface area contributed by atoms with Crippen molar-refractivity contribution >= 4 is 34.8 Å². The van der Waals surface area contributed by atoms with Crippen LogP contribution in [0, 0.1) is 5.82 Å². The standard InChI is InChI=1S/C15H12Cl3FO2/c1-20-14-5-9(7-16)4-12(18)15(14)21-8-10-6-11(17)2-3-13(10)19/h2-6H,7-8H2,1H3. The van der Waals surface area contributed by atoms with E-state index in [-0.39, 0.29) is 6.61 Å². The smallest absolute Gasteiger partial charge is 0.180 e. The van der Waals surface area contributed by atoms with Crippen molar-refractivity contribution in [1.82, 2.24) is 0 Å². The van der Waals surface area contributed by atoms with Crippen molar-refractivity contribution < 1.29 is 13.9 Å². The summed E-state index contributed by atoms with van der Waals surface area (Å²) in [6.45, 7) is -0.0112. The van der Waals surface area contributed by atoms with Gasteiger partial charge in [-0.3, -0.25) is 0 Å². The molecule has 2 aromatic carbocycles. The number of alkyl halides is 1. The van der Waals surface area contributed by atoms with Crippen LogP contribution in [0.1, 0.15) is 11.1 Å². The minimum absolute atomic E-state index is 0.0112. The molecule has 0 unspecified atom stereocenters. The topological polar surface area (TPSA) is 18.5 Å². The lowest BCUT2D eigenvalue weighted by molar-refractivity contribution is 0.280. The molecule has 0 aliphatic rings. The Morgan fingerprint density at radius 3 is 2.57 bits per heavy atom. The van der Waals surface area contributed by atoms with Crippen LogP contribution in [0.5, 0.6) is 11.5 Å². The summed E-state index contributed by atoms with van der Waals surface area (Å²) in [5.41, 5.74) is 1.14. The van der Waals surface area contributed by atoms with Crippen LogP contribution in [0.25, 0.3) is 0 Å². The second-order valence-electron chi connectivity index (χ2n) is 4.27. The van der Waals surface area contributed by atoms with Crippen molar-refractivity contribution in [2.75, 3.05) is 7.11 Å². The summed E-state index contributed by atoms with van der Waals surface area (Å²) in [5, 5.41) is 0.790. The van der Waals surface area contributed by atoms with Crippen LogP contribution >= 0.6 is 34.8 Å². The molecule has 2 nitrogen and oxygen atoms in total. The molecule has 0 saturated heterocycles. The zero-order valence-electron chi connectivity index (χ0n) is 11.1. The normalized spacial score (nSPS) is 10.5. The number of hydrogen-bond acceptors (Lipinski definition) is 2. The van der Waals surface area contributed by atoms with Gasteiger partial charge in [0.15, 0.2) is 11.5 Å². The number of methoxy groups -OCH3 is 1. The number of rotatable bonds is 5. The first kappa shape index (κ1) is 16.2. The van der Waals surface area contributed by atoms with E-state index < -0.39 is 5.82 Å². The fraction of sp³-hybridized carbons (Fsp3) is 0.200. The first-order chi connectivity index (χ1) is 10.0. The van der Waals surface area contributed by atoms with Gasteiger partial charge in [0, 0.05) is 16.5 Å². The molecule has 0 atom stereocenters. The molecule has 0 saturated carbocycles. The number of hydrogen-bond donors (Lipinski definition) is 0. The average molecular weight is 350 g/mol. The Kier molecular flexibility index (Phi) is 5.57. The third kappa shape index (κ3) is 3.94. The van der Waals surface area contributed by atoms with Crippen molar-refractivity contribution in [1.29, 1.82) is 0 Å². The highest BCUT2D eigenvalue weighted by Crippen LogP contribution is 2.37. The van der Waals surface area contributed by atoms with Gasteiger partial charge in [0.2, 0.25) is 0 Å². The van der Waals surface area contributed by atoms with E-state index in [9.17, 15) is 4.39 Å². The highest BCUT2D eigenvalue weighted by molar-refractivity contribution is 6.32. The summed E-state index contributed by atoms with van der Waals surface area (Å²) < 4.78 is 24.5. The van der Waals surface area contributed by atoms with Gasteiger partial charge < -0.3 is 9.47 Å². The molecule has 0 amide bonds. The average Bonchev–Trinajstić information content (AvgIpc) is 2.48. The Bertz CT molecular complexity index is 647. The lowest BCUT2D eigenvalue weighted by Gasteiger charge is -2.14. The molecule has 0 fully saturated rings. The summed E-state index contributed by atoms with van der Waals surface area (Å²) in [6.07, 6.45) is 0. The zero-order valence-corrected chi connectivity index (χ0v) is 13.4. The molecule has 0 heterocycles. The van der Waals surface area contributed by atoms with Crippen molar-refractivity contribution in [2.24, 2.45) is 0 Å². The van der Waals surface area contributed by atoms with Crippen LogP contribution in [0.15, 0.2) is 30.3 Å². The van der Waals surface area contributed by atoms with E-state index >= 15 is 0 Å². The third-order valence-corrected chi connectivity index (χ3v) is 3.65. The van der Waals surface area contributed by atoms with Gasteiger partial charge in [-0.25, -0.2) is 4.39 Å². The molecule has 0 radical (unpaired) electrons. The lowest BCUT2D eigenvalue weighted by Crippen LogP contribution is -2.01. The number of halogens is 4. The molecule has 0 aliphatic heterocycles. The largest absolute Gasteiger partial charge is 0.493 e. The molecule has 0 spiro atoms. The second kappa shape index (κ2) is 7.21. The minimum atomic E-state index is -0.396. The monoisotopic (exact) mass is 348 g/mol. The van der Waals surface area contributed by atoms with Gasteiger partial charge in [-0.2, -0.15) is 0 Å². The molecule has 0 aromatic heterocycles. The maximum absolute atomic E-state index is 13.7. The van der Waals surface area contributed by atoms with Crippen LogP contribution in [-0.4, -0.2) is 7.11 Å². The summed E-state index contributed by atoms with van der Waals surface area (Å²) in [5.74, 6) is 0.694. The molecule has 0 aliphatic carbocycles. The first-order valence-corrected chi connectivity index (χ1v) is 7.33. The number of benzene rings is 2. The van der Waals surface area contributed by atoms with E-state index in [1.807, 2.05) is 0 Å². The third-order valence-electron chi connectivity index (χ3n) is 2.82. The Labute approximate surface area is 137 Å². The van der Waals surface area contributed by atoms with Gasteiger partial charge in [-0.15, -0.1) is 11.6 Å². The molecule has 0 bridgehead atoms. The van der Waals surface area contributed by atoms with Gasteiger partial charge in [0.05, 0.1) is 12.1 Å². The van der Waals surface area contributed by atoms with Crippen LogP contribution in [0.2, 0.25) is 10.0 Å². The summed E-state index contributed by atoms with van der Waals surface area (Å²) in [7, 11) is 1.50. The highest BCUT2D eigenvalue weighted by Gasteiger charge is 2.13. The van der Waals surface area contributed by atoms with Crippen molar-refractivity contribution in [3.63, 3.8) is 0 Å². The predicted molar refractivity (Wildman–Crippen MR) is 83.3 cm³/mol. The molecule has 112 valence electrons. The summed E-state index contributed by atoms with van der Waals surface area (Å²) in [6, 6.07) is 7.67. The maximum Gasteiger partial charge on any atom is 0.180 e. The van der Waals surface area contributed by atoms with E-state index in [2.05, 4.69) is 0 Å². The van der Waals surface area contributed by atoms with Crippen molar-refractivity contribution in [3.05, 3.63) is 57.3 Å². The molecule has 2 rings (SSSR count). The molecule has 0 N–H and O–H groups in total. The second-order valence-corrected chi connectivity index (χ2v) is 5.38. The van der Waals surface area contributed by atoms with Crippen LogP contribution in [0.4, 0.5) is 4.39 Å². The van der Waals surface area contributed by atoms with E-state index in [1.165, 1.54) is 25.3 Å². The van der Waals surface area contributed by atoms with Crippen molar-refractivity contribution in [2.45, 2.75) is 12.5 Å². The quantitative estimate of drug-likeness (QED) is 0.667. The molecular weight excluding hydrogens is 338 g/mol. The summed E-state index contributed by atoms with van der Waals surface area (Å²) >= 11 is 17.8. The highest BCUT2D eigenvalue weighted by atomic mass is 35.5. The zero-order chi connectivity index (χ0) is 15.4. The van der Waals surface area contributed by atoms with E-state index in [1.54, 1.807) is 12.1 Å². The SMILES string of the molecule is COc1cc(CCl)cc(Cl)c1OCc1cc(Cl)ccc1F. The fourth-order valence-electron chi connectivity index (χ4n) is 1.79. The summed E-state index contributed by atoms with van der Waals surface area (Å²) in [4.78, 5) is 0. The fourth-order valence-corrected chi connectivity index (χ4v) is 2.43. The van der Waals surface area contributed by atoms with Gasteiger partial charge >= 0.3 is 0 Å². The number of ether oxygens (including phenoxy) is 2. The molecule has 6 heteroatoms. The van der Waals surface area contributed by atoms with Crippen LogP contribution in [0.3, 0.4) is 0 Å². The van der Waals surface area contributed by atoms with Crippen molar-refractivity contribution in [3.8, 4) is 11.5 Å². The Morgan fingerprint density at radius 2 is 1.90 bits per heavy atom. The van der Waals surface area contributed by atoms with Crippen LogP contribution in [-0.2, 0) is 12.5 Å². The predicted octanol–water partition coefficient (Wildman–Crippen LogP) is 5.46. The van der Waals surface area contributed by atoms with Gasteiger partial charge in [-0.05, 0) is 35.9 Å². The van der Waals surface area contributed by atoms with Gasteiger partial charge in [0.1, 0.15) is 12.4 Å². The van der Waals surface area contributed by atoms with E-state index in [0.717, 1.165) is 5.56 Å². The van der Waals surface area contributed by atoms with Gasteiger partial charge in [0.25, 0.3) is 0 Å². The first-order valence-electron chi connectivity index (χ1n) is 6.04. The Hall–Kier alpha value is -1.16. The van der Waals surface area contributed by atoms with E-state index in [0.29, 0.717) is 33.0 Å². The van der Waals surface area contributed by atoms with E-state index in [4.69, 9.17) is 44.3 Å². The maximum atomic E-state index is 13.7. The lowest BCUT2D eigenvalue weighted by atomic mass is 10.2. The Balaban J connectivity index is 2.25. The van der Waals surface area contributed by atoms with Gasteiger partial charge in [-0.1, -0.05) is 23.2 Å². The Morgan fingerprint density at radius 1 is 1.14 bits per heavy atom. The van der Waals surface area contributed by atoms with Crippen LogP contribution < -0.4 is 9.47 Å².